The first-order chi connectivity index (χ1) is 14.5. The number of methoxy groups -OCH3 is 1. The van der Waals surface area contributed by atoms with Crippen LogP contribution in [0.5, 0.6) is 5.75 Å². The van der Waals surface area contributed by atoms with Crippen LogP contribution in [-0.2, 0) is 0 Å². The summed E-state index contributed by atoms with van der Waals surface area (Å²) in [6.07, 6.45) is 0. The van der Waals surface area contributed by atoms with E-state index in [0.717, 1.165) is 6.07 Å². The van der Waals surface area contributed by atoms with Crippen molar-refractivity contribution < 1.29 is 23.1 Å². The summed E-state index contributed by atoms with van der Waals surface area (Å²) < 4.78 is 25.1. The molecule has 150 valence electrons. The average molecular weight is 468 g/mol. The lowest BCUT2D eigenvalue weighted by atomic mass is 10.1. The van der Waals surface area contributed by atoms with Gasteiger partial charge < -0.3 is 14.5 Å². The van der Waals surface area contributed by atoms with Crippen LogP contribution >= 0.6 is 15.9 Å². The van der Waals surface area contributed by atoms with Crippen molar-refractivity contribution in [2.75, 3.05) is 12.4 Å². The van der Waals surface area contributed by atoms with Crippen LogP contribution in [0.25, 0.3) is 11.0 Å². The van der Waals surface area contributed by atoms with Crippen molar-refractivity contribution in [3.8, 4) is 5.75 Å². The number of nitrogens with one attached hydrogen (secondary N) is 1. The normalized spacial score (nSPS) is 10.8. The Morgan fingerprint density at radius 1 is 1.00 bits per heavy atom. The zero-order valence-corrected chi connectivity index (χ0v) is 17.3. The van der Waals surface area contributed by atoms with Gasteiger partial charge in [0.05, 0.1) is 17.3 Å². The standard InChI is InChI=1S/C23H15BrFNO4/c1-29-19-10-9-13(12-17(19)24)21(27)22-20(16-7-2-3-8-18(16)30-22)26-23(28)14-5-4-6-15(25)11-14/h2-12H,1H3,(H,26,28). The molecule has 1 N–H and O–H groups in total. The lowest BCUT2D eigenvalue weighted by Gasteiger charge is -2.08. The van der Waals surface area contributed by atoms with E-state index in [1.54, 1.807) is 42.5 Å². The van der Waals surface area contributed by atoms with Crippen LogP contribution < -0.4 is 10.1 Å². The zero-order valence-electron chi connectivity index (χ0n) is 15.7. The quantitative estimate of drug-likeness (QED) is 0.375. The molecule has 0 aliphatic rings. The molecule has 0 spiro atoms. The minimum absolute atomic E-state index is 0.0157. The Hall–Kier alpha value is -3.45. The predicted octanol–water partition coefficient (Wildman–Crippen LogP) is 5.83. The van der Waals surface area contributed by atoms with Crippen molar-refractivity contribution in [1.29, 1.82) is 0 Å². The lowest BCUT2D eigenvalue weighted by Crippen LogP contribution is -2.14. The number of para-hydroxylation sites is 1. The van der Waals surface area contributed by atoms with Gasteiger partial charge in [0.2, 0.25) is 5.78 Å². The van der Waals surface area contributed by atoms with Crippen molar-refractivity contribution in [1.82, 2.24) is 0 Å². The Labute approximate surface area is 179 Å². The van der Waals surface area contributed by atoms with E-state index in [1.807, 2.05) is 0 Å². The summed E-state index contributed by atoms with van der Waals surface area (Å²) in [5.41, 5.74) is 1.16. The van der Waals surface area contributed by atoms with Gasteiger partial charge in [-0.1, -0.05) is 18.2 Å². The maximum atomic E-state index is 13.5. The molecule has 0 bridgehead atoms. The minimum atomic E-state index is -0.550. The number of hydrogen-bond donors (Lipinski definition) is 1. The van der Waals surface area contributed by atoms with Gasteiger partial charge in [-0.25, -0.2) is 4.39 Å². The number of carbonyl (C=O) groups is 2. The van der Waals surface area contributed by atoms with Crippen LogP contribution in [0.4, 0.5) is 10.1 Å². The molecule has 0 fully saturated rings. The van der Waals surface area contributed by atoms with Gasteiger partial charge in [0.15, 0.2) is 5.76 Å². The van der Waals surface area contributed by atoms with Crippen molar-refractivity contribution in [2.45, 2.75) is 0 Å². The van der Waals surface area contributed by atoms with Gasteiger partial charge in [0, 0.05) is 16.5 Å². The molecule has 0 aliphatic carbocycles. The van der Waals surface area contributed by atoms with Crippen LogP contribution in [0.3, 0.4) is 0 Å². The van der Waals surface area contributed by atoms with Crippen LogP contribution in [0.1, 0.15) is 26.5 Å². The molecule has 0 saturated heterocycles. The van der Waals surface area contributed by atoms with Crippen LogP contribution in [0.2, 0.25) is 0 Å². The number of furan rings is 1. The van der Waals surface area contributed by atoms with Gasteiger partial charge in [-0.05, 0) is 64.5 Å². The van der Waals surface area contributed by atoms with E-state index in [0.29, 0.717) is 26.8 Å². The first-order valence-corrected chi connectivity index (χ1v) is 9.74. The number of fused-ring (bicyclic) bond motifs is 1. The van der Waals surface area contributed by atoms with Gasteiger partial charge in [-0.3, -0.25) is 9.59 Å². The Kier molecular flexibility index (Phi) is 5.37. The van der Waals surface area contributed by atoms with E-state index in [2.05, 4.69) is 21.2 Å². The summed E-state index contributed by atoms with van der Waals surface area (Å²) in [5.74, 6) is -0.928. The molecular formula is C23H15BrFNO4. The second kappa shape index (κ2) is 8.12. The Morgan fingerprint density at radius 3 is 2.53 bits per heavy atom. The molecule has 5 nitrogen and oxygen atoms in total. The molecule has 0 aliphatic heterocycles. The summed E-state index contributed by atoms with van der Waals surface area (Å²) in [4.78, 5) is 25.9. The highest BCUT2D eigenvalue weighted by Crippen LogP contribution is 2.34. The number of hydrogen-bond acceptors (Lipinski definition) is 4. The molecule has 3 aromatic carbocycles. The molecule has 0 unspecified atom stereocenters. The first kappa shape index (κ1) is 19.8. The van der Waals surface area contributed by atoms with Crippen LogP contribution in [-0.4, -0.2) is 18.8 Å². The minimum Gasteiger partial charge on any atom is -0.496 e. The molecular weight excluding hydrogens is 453 g/mol. The summed E-state index contributed by atoms with van der Waals surface area (Å²) in [7, 11) is 1.53. The number of benzene rings is 3. The van der Waals surface area contributed by atoms with Gasteiger partial charge in [0.25, 0.3) is 5.91 Å². The van der Waals surface area contributed by atoms with Gasteiger partial charge in [-0.2, -0.15) is 0 Å². The fraction of sp³-hybridized carbons (Fsp3) is 0.0435. The number of anilines is 1. The van der Waals surface area contributed by atoms with Crippen molar-refractivity contribution >= 4 is 44.3 Å². The van der Waals surface area contributed by atoms with E-state index >= 15 is 0 Å². The summed E-state index contributed by atoms with van der Waals surface area (Å²) in [6, 6.07) is 17.2. The van der Waals surface area contributed by atoms with Crippen LogP contribution in [0, 0.1) is 5.82 Å². The van der Waals surface area contributed by atoms with E-state index in [1.165, 1.54) is 25.3 Å². The maximum Gasteiger partial charge on any atom is 0.255 e. The maximum absolute atomic E-state index is 13.5. The summed E-state index contributed by atoms with van der Waals surface area (Å²) >= 11 is 3.37. The molecule has 1 heterocycles. The number of ketones is 1. The molecule has 7 heteroatoms. The van der Waals surface area contributed by atoms with Gasteiger partial charge >= 0.3 is 0 Å². The second-order valence-electron chi connectivity index (χ2n) is 6.45. The molecule has 30 heavy (non-hydrogen) atoms. The number of amides is 1. The molecule has 1 amide bonds. The van der Waals surface area contributed by atoms with Crippen molar-refractivity contribution in [2.24, 2.45) is 0 Å². The van der Waals surface area contributed by atoms with E-state index in [4.69, 9.17) is 9.15 Å². The fourth-order valence-corrected chi connectivity index (χ4v) is 3.62. The Morgan fingerprint density at radius 2 is 1.80 bits per heavy atom. The lowest BCUT2D eigenvalue weighted by molar-refractivity contribution is 0.101. The molecule has 4 aromatic rings. The highest BCUT2D eigenvalue weighted by molar-refractivity contribution is 9.10. The van der Waals surface area contributed by atoms with Gasteiger partial charge in [0.1, 0.15) is 17.1 Å². The van der Waals surface area contributed by atoms with Crippen LogP contribution in [0.15, 0.2) is 75.6 Å². The zero-order chi connectivity index (χ0) is 21.3. The summed E-state index contributed by atoms with van der Waals surface area (Å²) in [5, 5.41) is 3.28. The number of ether oxygens (including phenoxy) is 1. The summed E-state index contributed by atoms with van der Waals surface area (Å²) in [6.45, 7) is 0. The second-order valence-corrected chi connectivity index (χ2v) is 7.30. The van der Waals surface area contributed by atoms with Gasteiger partial charge in [-0.15, -0.1) is 0 Å². The molecule has 1 aromatic heterocycles. The molecule has 0 saturated carbocycles. The Bertz CT molecular complexity index is 1280. The average Bonchev–Trinajstić information content (AvgIpc) is 3.11. The number of rotatable bonds is 5. The topological polar surface area (TPSA) is 68.5 Å². The third kappa shape index (κ3) is 3.71. The molecule has 0 radical (unpaired) electrons. The van der Waals surface area contributed by atoms with E-state index in [9.17, 15) is 14.0 Å². The number of halogens is 2. The third-order valence-corrected chi connectivity index (χ3v) is 5.16. The van der Waals surface area contributed by atoms with E-state index < -0.39 is 17.5 Å². The third-order valence-electron chi connectivity index (χ3n) is 4.54. The molecule has 4 rings (SSSR count). The Balaban J connectivity index is 1.78. The largest absolute Gasteiger partial charge is 0.496 e. The fourth-order valence-electron chi connectivity index (χ4n) is 3.08. The van der Waals surface area contributed by atoms with Crippen molar-refractivity contribution in [3.63, 3.8) is 0 Å². The highest BCUT2D eigenvalue weighted by Gasteiger charge is 2.24. The molecule has 0 atom stereocenters. The monoisotopic (exact) mass is 467 g/mol. The number of carbonyl (C=O) groups excluding carboxylic acids is 2. The SMILES string of the molecule is COc1ccc(C(=O)c2oc3ccccc3c2NC(=O)c2cccc(F)c2)cc1Br. The predicted molar refractivity (Wildman–Crippen MR) is 115 cm³/mol. The van der Waals surface area contributed by atoms with E-state index in [-0.39, 0.29) is 17.0 Å². The highest BCUT2D eigenvalue weighted by atomic mass is 79.9. The van der Waals surface area contributed by atoms with Crippen molar-refractivity contribution in [3.05, 3.63) is 93.9 Å². The first-order valence-electron chi connectivity index (χ1n) is 8.94. The smallest absolute Gasteiger partial charge is 0.255 e.